The number of anilines is 2. The highest BCUT2D eigenvalue weighted by Crippen LogP contribution is 2.13. The van der Waals surface area contributed by atoms with E-state index in [9.17, 15) is 4.79 Å². The Balaban J connectivity index is 2.42. The Kier molecular flexibility index (Phi) is 6.00. The smallest absolute Gasteiger partial charge is 0.318 e. The molecule has 1 aromatic rings. The zero-order valence-electron chi connectivity index (χ0n) is 11.1. The largest absolute Gasteiger partial charge is 0.385 e. The molecule has 18 heavy (non-hydrogen) atoms. The summed E-state index contributed by atoms with van der Waals surface area (Å²) in [6.07, 6.45) is 0. The Morgan fingerprint density at radius 1 is 1.28 bits per heavy atom. The molecule has 5 heteroatoms. The fourth-order valence-electron chi connectivity index (χ4n) is 1.50. The van der Waals surface area contributed by atoms with Gasteiger partial charge in [0.2, 0.25) is 0 Å². The van der Waals surface area contributed by atoms with Crippen LogP contribution in [0.4, 0.5) is 16.2 Å². The van der Waals surface area contributed by atoms with Crippen molar-refractivity contribution in [1.82, 2.24) is 5.32 Å². The minimum Gasteiger partial charge on any atom is -0.385 e. The predicted octanol–water partition coefficient (Wildman–Crippen LogP) is 2.13. The Morgan fingerprint density at radius 2 is 1.89 bits per heavy atom. The fraction of sp³-hybridized carbons (Fsp3) is 0.462. The first-order valence-corrected chi connectivity index (χ1v) is 5.97. The molecule has 0 fully saturated rings. The number of carbonyl (C=O) groups excluding carboxylic acids is 1. The summed E-state index contributed by atoms with van der Waals surface area (Å²) in [6, 6.07) is 7.37. The van der Waals surface area contributed by atoms with Crippen molar-refractivity contribution < 1.29 is 9.53 Å². The van der Waals surface area contributed by atoms with Crippen LogP contribution in [0.15, 0.2) is 24.3 Å². The van der Waals surface area contributed by atoms with Crippen molar-refractivity contribution in [1.29, 1.82) is 0 Å². The highest BCUT2D eigenvalue weighted by Gasteiger charge is 2.02. The van der Waals surface area contributed by atoms with Crippen LogP contribution < -0.4 is 16.0 Å². The van der Waals surface area contributed by atoms with Crippen molar-refractivity contribution in [2.75, 3.05) is 37.9 Å². The van der Waals surface area contributed by atoms with Crippen LogP contribution in [0, 0.1) is 5.92 Å². The molecule has 0 bridgehead atoms. The zero-order valence-corrected chi connectivity index (χ0v) is 11.1. The molecule has 1 unspecified atom stereocenters. The summed E-state index contributed by atoms with van der Waals surface area (Å²) >= 11 is 0. The number of rotatable bonds is 6. The first-order chi connectivity index (χ1) is 8.65. The van der Waals surface area contributed by atoms with Crippen LogP contribution in [0.2, 0.25) is 0 Å². The van der Waals surface area contributed by atoms with E-state index >= 15 is 0 Å². The van der Waals surface area contributed by atoms with Gasteiger partial charge in [-0.25, -0.2) is 4.79 Å². The molecule has 0 aliphatic carbocycles. The third-order valence-electron chi connectivity index (χ3n) is 2.48. The highest BCUT2D eigenvalue weighted by molar-refractivity contribution is 5.89. The predicted molar refractivity (Wildman–Crippen MR) is 74.1 cm³/mol. The average molecular weight is 251 g/mol. The first kappa shape index (κ1) is 14.3. The van der Waals surface area contributed by atoms with Gasteiger partial charge in [-0.3, -0.25) is 0 Å². The number of amides is 2. The van der Waals surface area contributed by atoms with Crippen molar-refractivity contribution in [3.8, 4) is 0 Å². The Hall–Kier alpha value is -1.75. The van der Waals surface area contributed by atoms with Gasteiger partial charge in [0, 0.05) is 32.1 Å². The van der Waals surface area contributed by atoms with Gasteiger partial charge in [0.05, 0.1) is 6.61 Å². The third kappa shape index (κ3) is 5.05. The molecular formula is C13H21N3O2. The number of hydrogen-bond acceptors (Lipinski definition) is 3. The molecule has 100 valence electrons. The van der Waals surface area contributed by atoms with Gasteiger partial charge in [0.25, 0.3) is 0 Å². The van der Waals surface area contributed by atoms with Crippen LogP contribution in [-0.4, -0.2) is 33.3 Å². The quantitative estimate of drug-likeness (QED) is 0.726. The topological polar surface area (TPSA) is 62.4 Å². The Bertz CT molecular complexity index is 365. The molecule has 0 radical (unpaired) electrons. The van der Waals surface area contributed by atoms with Crippen LogP contribution in [0.3, 0.4) is 0 Å². The minimum absolute atomic E-state index is 0.218. The number of hydrogen-bond donors (Lipinski definition) is 3. The summed E-state index contributed by atoms with van der Waals surface area (Å²) < 4.78 is 5.07. The van der Waals surface area contributed by atoms with Crippen LogP contribution in [0.1, 0.15) is 6.92 Å². The molecule has 0 aliphatic rings. The second-order valence-corrected chi connectivity index (χ2v) is 4.22. The van der Waals surface area contributed by atoms with Gasteiger partial charge in [-0.1, -0.05) is 6.92 Å². The first-order valence-electron chi connectivity index (χ1n) is 5.97. The average Bonchev–Trinajstić information content (AvgIpc) is 2.38. The number of urea groups is 1. The number of carbonyl (C=O) groups is 1. The van der Waals surface area contributed by atoms with Crippen molar-refractivity contribution >= 4 is 17.4 Å². The summed E-state index contributed by atoms with van der Waals surface area (Å²) in [5.41, 5.74) is 1.80. The second kappa shape index (κ2) is 7.55. The van der Waals surface area contributed by atoms with Gasteiger partial charge in [-0.2, -0.15) is 0 Å². The maximum absolute atomic E-state index is 11.1. The molecule has 0 aliphatic heterocycles. The van der Waals surface area contributed by atoms with E-state index in [2.05, 4.69) is 22.9 Å². The second-order valence-electron chi connectivity index (χ2n) is 4.22. The lowest BCUT2D eigenvalue weighted by molar-refractivity contribution is 0.164. The molecule has 0 spiro atoms. The maximum atomic E-state index is 11.1. The minimum atomic E-state index is -0.218. The summed E-state index contributed by atoms with van der Waals surface area (Å²) in [5, 5.41) is 8.52. The molecule has 3 N–H and O–H groups in total. The number of nitrogens with one attached hydrogen (secondary N) is 3. The molecule has 1 aromatic carbocycles. The van der Waals surface area contributed by atoms with E-state index in [1.54, 1.807) is 14.2 Å². The summed E-state index contributed by atoms with van der Waals surface area (Å²) in [4.78, 5) is 11.1. The van der Waals surface area contributed by atoms with Crippen LogP contribution in [0.25, 0.3) is 0 Å². The maximum Gasteiger partial charge on any atom is 0.318 e. The number of ether oxygens (including phenoxy) is 1. The van der Waals surface area contributed by atoms with Crippen LogP contribution >= 0.6 is 0 Å². The normalized spacial score (nSPS) is 11.7. The van der Waals surface area contributed by atoms with Gasteiger partial charge in [0.15, 0.2) is 0 Å². The molecule has 1 atom stereocenters. The monoisotopic (exact) mass is 251 g/mol. The van der Waals surface area contributed by atoms with Gasteiger partial charge in [0.1, 0.15) is 0 Å². The lowest BCUT2D eigenvalue weighted by Gasteiger charge is -2.13. The molecule has 0 aromatic heterocycles. The van der Waals surface area contributed by atoms with E-state index in [4.69, 9.17) is 4.74 Å². The van der Waals surface area contributed by atoms with E-state index in [0.717, 1.165) is 24.5 Å². The van der Waals surface area contributed by atoms with E-state index in [-0.39, 0.29) is 6.03 Å². The number of benzene rings is 1. The molecule has 2 amide bonds. The SMILES string of the molecule is CNC(=O)Nc1ccc(NCC(C)COC)cc1. The molecule has 1 rings (SSSR count). The van der Waals surface area contributed by atoms with Crippen molar-refractivity contribution in [2.45, 2.75) is 6.92 Å². The van der Waals surface area contributed by atoms with Crippen LogP contribution in [0.5, 0.6) is 0 Å². The fourth-order valence-corrected chi connectivity index (χ4v) is 1.50. The highest BCUT2D eigenvalue weighted by atomic mass is 16.5. The lowest BCUT2D eigenvalue weighted by atomic mass is 10.2. The van der Waals surface area contributed by atoms with Crippen molar-refractivity contribution in [3.63, 3.8) is 0 Å². The summed E-state index contributed by atoms with van der Waals surface area (Å²) in [5.74, 6) is 0.457. The van der Waals surface area contributed by atoms with Crippen molar-refractivity contribution in [2.24, 2.45) is 5.92 Å². The van der Waals surface area contributed by atoms with E-state index in [0.29, 0.717) is 5.92 Å². The van der Waals surface area contributed by atoms with Gasteiger partial charge < -0.3 is 20.7 Å². The standard InChI is InChI=1S/C13H21N3O2/c1-10(9-18-3)8-15-11-4-6-12(7-5-11)16-13(17)14-2/h4-7,10,15H,8-9H2,1-3H3,(H2,14,16,17). The summed E-state index contributed by atoms with van der Waals surface area (Å²) in [6.45, 7) is 3.72. The molecule has 5 nitrogen and oxygen atoms in total. The molecule has 0 saturated heterocycles. The van der Waals surface area contributed by atoms with Gasteiger partial charge >= 0.3 is 6.03 Å². The van der Waals surface area contributed by atoms with E-state index in [1.165, 1.54) is 0 Å². The van der Waals surface area contributed by atoms with Gasteiger partial charge in [-0.05, 0) is 30.2 Å². The van der Waals surface area contributed by atoms with Crippen molar-refractivity contribution in [3.05, 3.63) is 24.3 Å². The molecule has 0 heterocycles. The molecular weight excluding hydrogens is 230 g/mol. The van der Waals surface area contributed by atoms with Crippen LogP contribution in [-0.2, 0) is 4.74 Å². The lowest BCUT2D eigenvalue weighted by Crippen LogP contribution is -2.24. The third-order valence-corrected chi connectivity index (χ3v) is 2.48. The Labute approximate surface area is 108 Å². The van der Waals surface area contributed by atoms with E-state index < -0.39 is 0 Å². The van der Waals surface area contributed by atoms with E-state index in [1.807, 2.05) is 24.3 Å². The van der Waals surface area contributed by atoms with Gasteiger partial charge in [-0.15, -0.1) is 0 Å². The Morgan fingerprint density at radius 3 is 2.44 bits per heavy atom. The zero-order chi connectivity index (χ0) is 13.4. The summed E-state index contributed by atoms with van der Waals surface area (Å²) in [7, 11) is 3.29. The number of methoxy groups -OCH3 is 1. The molecule has 0 saturated carbocycles.